The first-order chi connectivity index (χ1) is 7.77. The number of hydrogen-bond acceptors (Lipinski definition) is 2. The van der Waals surface area contributed by atoms with E-state index in [2.05, 4.69) is 52.4 Å². The molecule has 1 atom stereocenters. The largest absolute Gasteiger partial charge is 0.381 e. The summed E-state index contributed by atoms with van der Waals surface area (Å²) in [6.45, 7) is 7.67. The first-order valence-electron chi connectivity index (χ1n) is 5.81. The van der Waals surface area contributed by atoms with Crippen LogP contribution < -0.4 is 5.32 Å². The van der Waals surface area contributed by atoms with E-state index < -0.39 is 0 Å². The van der Waals surface area contributed by atoms with Gasteiger partial charge in [-0.15, -0.1) is 0 Å². The number of halogens is 1. The molecule has 0 spiro atoms. The van der Waals surface area contributed by atoms with Crippen molar-refractivity contribution >= 4 is 15.9 Å². The van der Waals surface area contributed by atoms with Crippen molar-refractivity contribution < 1.29 is 4.74 Å². The second-order valence-corrected chi connectivity index (χ2v) is 4.63. The normalized spacial score (nSPS) is 12.7. The molecule has 0 aliphatic heterocycles. The molecule has 1 rings (SSSR count). The molecular formula is C13H20BrNO. The van der Waals surface area contributed by atoms with Crippen LogP contribution in [0.15, 0.2) is 28.7 Å². The summed E-state index contributed by atoms with van der Waals surface area (Å²) in [6, 6.07) is 8.45. The number of rotatable bonds is 7. The molecule has 0 saturated carbocycles. The van der Waals surface area contributed by atoms with Crippen molar-refractivity contribution in [3.8, 4) is 0 Å². The standard InChI is InChI=1S/C13H20BrNO/c1-3-15-9-12(10-16-4-2)11-6-5-7-13(14)8-11/h5-8,12,15H,3-4,9-10H2,1-2H3. The molecule has 0 fully saturated rings. The van der Waals surface area contributed by atoms with Gasteiger partial charge in [0.1, 0.15) is 0 Å². The van der Waals surface area contributed by atoms with Crippen molar-refractivity contribution in [1.29, 1.82) is 0 Å². The third kappa shape index (κ3) is 4.64. The van der Waals surface area contributed by atoms with E-state index >= 15 is 0 Å². The first-order valence-corrected chi connectivity index (χ1v) is 6.61. The van der Waals surface area contributed by atoms with E-state index in [0.717, 1.165) is 30.8 Å². The number of ether oxygens (including phenoxy) is 1. The Kier molecular flexibility index (Phi) is 6.69. The number of benzene rings is 1. The Labute approximate surface area is 107 Å². The quantitative estimate of drug-likeness (QED) is 0.831. The molecule has 1 N–H and O–H groups in total. The van der Waals surface area contributed by atoms with Crippen LogP contribution >= 0.6 is 15.9 Å². The highest BCUT2D eigenvalue weighted by atomic mass is 79.9. The van der Waals surface area contributed by atoms with E-state index in [1.807, 2.05) is 6.92 Å². The first kappa shape index (κ1) is 13.7. The lowest BCUT2D eigenvalue weighted by molar-refractivity contribution is 0.131. The van der Waals surface area contributed by atoms with Crippen molar-refractivity contribution in [3.05, 3.63) is 34.3 Å². The number of hydrogen-bond donors (Lipinski definition) is 1. The van der Waals surface area contributed by atoms with Crippen molar-refractivity contribution in [2.24, 2.45) is 0 Å². The van der Waals surface area contributed by atoms with Gasteiger partial charge in [-0.25, -0.2) is 0 Å². The van der Waals surface area contributed by atoms with Crippen LogP contribution in [0.25, 0.3) is 0 Å². The molecule has 0 bridgehead atoms. The topological polar surface area (TPSA) is 21.3 Å². The van der Waals surface area contributed by atoms with Crippen molar-refractivity contribution in [2.75, 3.05) is 26.3 Å². The van der Waals surface area contributed by atoms with Crippen LogP contribution in [0.5, 0.6) is 0 Å². The van der Waals surface area contributed by atoms with E-state index in [4.69, 9.17) is 4.74 Å². The van der Waals surface area contributed by atoms with Crippen LogP contribution in [-0.2, 0) is 4.74 Å². The minimum Gasteiger partial charge on any atom is -0.381 e. The van der Waals surface area contributed by atoms with Crippen LogP contribution in [0.2, 0.25) is 0 Å². The summed E-state index contributed by atoms with van der Waals surface area (Å²) in [5.41, 5.74) is 1.32. The van der Waals surface area contributed by atoms with Gasteiger partial charge in [-0.2, -0.15) is 0 Å². The molecule has 0 amide bonds. The zero-order chi connectivity index (χ0) is 11.8. The summed E-state index contributed by atoms with van der Waals surface area (Å²) in [5, 5.41) is 3.38. The van der Waals surface area contributed by atoms with Crippen molar-refractivity contribution in [1.82, 2.24) is 5.32 Å². The summed E-state index contributed by atoms with van der Waals surface area (Å²) in [4.78, 5) is 0. The molecule has 2 nitrogen and oxygen atoms in total. The molecule has 0 radical (unpaired) electrons. The van der Waals surface area contributed by atoms with Gasteiger partial charge < -0.3 is 10.1 Å². The fraction of sp³-hybridized carbons (Fsp3) is 0.538. The minimum absolute atomic E-state index is 0.428. The fourth-order valence-corrected chi connectivity index (χ4v) is 2.03. The average molecular weight is 286 g/mol. The fourth-order valence-electron chi connectivity index (χ4n) is 1.61. The Bertz CT molecular complexity index is 296. The third-order valence-electron chi connectivity index (χ3n) is 2.48. The Hall–Kier alpha value is -0.380. The maximum Gasteiger partial charge on any atom is 0.0546 e. The average Bonchev–Trinajstić information content (AvgIpc) is 2.29. The second kappa shape index (κ2) is 7.82. The maximum absolute atomic E-state index is 5.53. The lowest BCUT2D eigenvalue weighted by Gasteiger charge is -2.17. The Morgan fingerprint density at radius 1 is 1.38 bits per heavy atom. The van der Waals surface area contributed by atoms with E-state index in [-0.39, 0.29) is 0 Å². The molecule has 3 heteroatoms. The molecule has 0 aromatic heterocycles. The molecule has 0 aliphatic carbocycles. The van der Waals surface area contributed by atoms with Gasteiger partial charge >= 0.3 is 0 Å². The summed E-state index contributed by atoms with van der Waals surface area (Å²) in [7, 11) is 0. The molecule has 1 aromatic rings. The van der Waals surface area contributed by atoms with E-state index in [1.165, 1.54) is 5.56 Å². The van der Waals surface area contributed by atoms with Crippen molar-refractivity contribution in [2.45, 2.75) is 19.8 Å². The Morgan fingerprint density at radius 2 is 2.19 bits per heavy atom. The lowest BCUT2D eigenvalue weighted by Crippen LogP contribution is -2.24. The maximum atomic E-state index is 5.53. The summed E-state index contributed by atoms with van der Waals surface area (Å²) in [6.07, 6.45) is 0. The van der Waals surface area contributed by atoms with Crippen LogP contribution in [0.1, 0.15) is 25.3 Å². The van der Waals surface area contributed by atoms with Gasteiger partial charge in [-0.1, -0.05) is 35.0 Å². The Balaban J connectivity index is 2.66. The summed E-state index contributed by atoms with van der Waals surface area (Å²) >= 11 is 3.51. The predicted octanol–water partition coefficient (Wildman–Crippen LogP) is 3.18. The predicted molar refractivity (Wildman–Crippen MR) is 71.9 cm³/mol. The van der Waals surface area contributed by atoms with Crippen LogP contribution in [-0.4, -0.2) is 26.3 Å². The minimum atomic E-state index is 0.428. The molecule has 0 saturated heterocycles. The van der Waals surface area contributed by atoms with E-state index in [0.29, 0.717) is 5.92 Å². The smallest absolute Gasteiger partial charge is 0.0546 e. The summed E-state index contributed by atoms with van der Waals surface area (Å²) in [5.74, 6) is 0.428. The van der Waals surface area contributed by atoms with Crippen LogP contribution in [0, 0.1) is 0 Å². The highest BCUT2D eigenvalue weighted by Crippen LogP contribution is 2.20. The number of likely N-dealkylation sites (N-methyl/N-ethyl adjacent to an activating group) is 1. The van der Waals surface area contributed by atoms with Crippen molar-refractivity contribution in [3.63, 3.8) is 0 Å². The van der Waals surface area contributed by atoms with Gasteiger partial charge in [0, 0.05) is 23.5 Å². The molecule has 16 heavy (non-hydrogen) atoms. The van der Waals surface area contributed by atoms with E-state index in [1.54, 1.807) is 0 Å². The van der Waals surface area contributed by atoms with Gasteiger partial charge in [0.15, 0.2) is 0 Å². The second-order valence-electron chi connectivity index (χ2n) is 3.72. The zero-order valence-electron chi connectivity index (χ0n) is 10.0. The highest BCUT2D eigenvalue weighted by molar-refractivity contribution is 9.10. The van der Waals surface area contributed by atoms with E-state index in [9.17, 15) is 0 Å². The lowest BCUT2D eigenvalue weighted by atomic mass is 10.00. The van der Waals surface area contributed by atoms with Gasteiger partial charge in [0.05, 0.1) is 6.61 Å². The number of nitrogens with one attached hydrogen (secondary N) is 1. The molecule has 0 heterocycles. The summed E-state index contributed by atoms with van der Waals surface area (Å²) < 4.78 is 6.66. The molecular weight excluding hydrogens is 266 g/mol. The SMILES string of the molecule is CCNCC(COCC)c1cccc(Br)c1. The molecule has 1 aromatic carbocycles. The molecule has 0 aliphatic rings. The van der Waals surface area contributed by atoms with Gasteiger partial charge in [-0.05, 0) is 31.2 Å². The molecule has 1 unspecified atom stereocenters. The third-order valence-corrected chi connectivity index (χ3v) is 2.98. The monoisotopic (exact) mass is 285 g/mol. The highest BCUT2D eigenvalue weighted by Gasteiger charge is 2.11. The van der Waals surface area contributed by atoms with Gasteiger partial charge in [0.2, 0.25) is 0 Å². The zero-order valence-corrected chi connectivity index (χ0v) is 11.6. The van der Waals surface area contributed by atoms with Gasteiger partial charge in [0.25, 0.3) is 0 Å². The van der Waals surface area contributed by atoms with Crippen LogP contribution in [0.4, 0.5) is 0 Å². The van der Waals surface area contributed by atoms with Crippen LogP contribution in [0.3, 0.4) is 0 Å². The molecule has 90 valence electrons. The van der Waals surface area contributed by atoms with Gasteiger partial charge in [-0.3, -0.25) is 0 Å². The Morgan fingerprint density at radius 3 is 2.81 bits per heavy atom.